The van der Waals surface area contributed by atoms with E-state index < -0.39 is 11.7 Å². The molecule has 3 aromatic carbocycles. The van der Waals surface area contributed by atoms with E-state index in [4.69, 9.17) is 17.3 Å². The molecule has 0 unspecified atom stereocenters. The van der Waals surface area contributed by atoms with Crippen LogP contribution in [0.5, 0.6) is 0 Å². The quantitative estimate of drug-likeness (QED) is 0.428. The molecule has 0 fully saturated rings. The van der Waals surface area contributed by atoms with E-state index in [1.807, 2.05) is 0 Å². The van der Waals surface area contributed by atoms with Gasteiger partial charge in [-0.05, 0) is 54.6 Å². The number of benzene rings is 3. The van der Waals surface area contributed by atoms with Crippen molar-refractivity contribution in [2.45, 2.75) is 0 Å². The van der Waals surface area contributed by atoms with Gasteiger partial charge in [0, 0.05) is 31.9 Å². The van der Waals surface area contributed by atoms with Crippen LogP contribution in [0.25, 0.3) is 0 Å². The van der Waals surface area contributed by atoms with Crippen molar-refractivity contribution in [2.75, 3.05) is 11.1 Å². The molecular formula is C21H12BrClN2O3. The highest BCUT2D eigenvalue weighted by Crippen LogP contribution is 2.36. The van der Waals surface area contributed by atoms with E-state index in [1.165, 1.54) is 24.3 Å². The smallest absolute Gasteiger partial charge is 0.255 e. The Balaban J connectivity index is 1.81. The van der Waals surface area contributed by atoms with E-state index in [1.54, 1.807) is 30.3 Å². The van der Waals surface area contributed by atoms with E-state index in [2.05, 4.69) is 21.2 Å². The standard InChI is InChI=1S/C21H12BrClN2O3/c22-11-3-1-10(2-4-11)21(28)25-16-8-7-15(24)17-18(16)19(26)13-6-5-12(23)9-14(13)20(17)27/h1-9H,24H2,(H,25,28). The minimum atomic E-state index is -0.401. The van der Waals surface area contributed by atoms with E-state index >= 15 is 0 Å². The average Bonchev–Trinajstić information content (AvgIpc) is 2.67. The lowest BCUT2D eigenvalue weighted by Crippen LogP contribution is -2.25. The van der Waals surface area contributed by atoms with Gasteiger partial charge < -0.3 is 11.1 Å². The first-order valence-electron chi connectivity index (χ1n) is 8.25. The van der Waals surface area contributed by atoms with Gasteiger partial charge in [-0.1, -0.05) is 27.5 Å². The maximum atomic E-state index is 13.1. The van der Waals surface area contributed by atoms with Gasteiger partial charge in [-0.2, -0.15) is 0 Å². The number of nitrogen functional groups attached to an aromatic ring is 1. The molecule has 138 valence electrons. The summed E-state index contributed by atoms with van der Waals surface area (Å²) >= 11 is 9.30. The number of hydrogen-bond donors (Lipinski definition) is 2. The number of carbonyl (C=O) groups excluding carboxylic acids is 3. The third kappa shape index (κ3) is 3.00. The molecule has 0 saturated carbocycles. The second-order valence-corrected chi connectivity index (χ2v) is 7.61. The van der Waals surface area contributed by atoms with Crippen molar-refractivity contribution in [1.29, 1.82) is 0 Å². The Bertz CT molecular complexity index is 1170. The average molecular weight is 456 g/mol. The number of ketones is 2. The minimum Gasteiger partial charge on any atom is -0.398 e. The summed E-state index contributed by atoms with van der Waals surface area (Å²) in [6.07, 6.45) is 0. The number of nitrogens with two attached hydrogens (primary N) is 1. The normalized spacial score (nSPS) is 12.4. The monoisotopic (exact) mass is 454 g/mol. The molecule has 0 heterocycles. The van der Waals surface area contributed by atoms with Gasteiger partial charge in [0.05, 0.1) is 16.8 Å². The van der Waals surface area contributed by atoms with Gasteiger partial charge in [0.15, 0.2) is 11.6 Å². The molecular weight excluding hydrogens is 444 g/mol. The van der Waals surface area contributed by atoms with E-state index in [0.717, 1.165) is 4.47 Å². The number of anilines is 2. The van der Waals surface area contributed by atoms with Crippen LogP contribution in [0.1, 0.15) is 42.2 Å². The second-order valence-electron chi connectivity index (χ2n) is 6.26. The number of carbonyl (C=O) groups is 3. The van der Waals surface area contributed by atoms with Crippen LogP contribution in [-0.4, -0.2) is 17.5 Å². The lowest BCUT2D eigenvalue weighted by atomic mass is 9.82. The first kappa shape index (κ1) is 18.4. The summed E-state index contributed by atoms with van der Waals surface area (Å²) < 4.78 is 0.838. The predicted octanol–water partition coefficient (Wildman–Crippen LogP) is 4.71. The zero-order valence-electron chi connectivity index (χ0n) is 14.3. The first-order chi connectivity index (χ1) is 13.4. The van der Waals surface area contributed by atoms with Crippen LogP contribution in [-0.2, 0) is 0 Å². The van der Waals surface area contributed by atoms with Crippen LogP contribution in [0, 0.1) is 0 Å². The highest BCUT2D eigenvalue weighted by Gasteiger charge is 2.34. The molecule has 0 bridgehead atoms. The molecule has 3 N–H and O–H groups in total. The third-order valence-corrected chi connectivity index (χ3v) is 5.28. The lowest BCUT2D eigenvalue weighted by Gasteiger charge is -2.22. The molecule has 1 amide bonds. The van der Waals surface area contributed by atoms with Gasteiger partial charge in [0.25, 0.3) is 5.91 Å². The number of hydrogen-bond acceptors (Lipinski definition) is 4. The number of rotatable bonds is 2. The highest BCUT2D eigenvalue weighted by atomic mass is 79.9. The van der Waals surface area contributed by atoms with Gasteiger partial charge in [0.1, 0.15) is 0 Å². The Hall–Kier alpha value is -2.96. The molecule has 1 aliphatic rings. The molecule has 0 aliphatic heterocycles. The molecule has 0 spiro atoms. The Kier molecular flexibility index (Phi) is 4.53. The van der Waals surface area contributed by atoms with Crippen LogP contribution in [0.3, 0.4) is 0 Å². The second kappa shape index (κ2) is 6.89. The van der Waals surface area contributed by atoms with Crippen LogP contribution in [0.2, 0.25) is 5.02 Å². The number of fused-ring (bicyclic) bond motifs is 2. The van der Waals surface area contributed by atoms with Crippen molar-refractivity contribution < 1.29 is 14.4 Å². The minimum absolute atomic E-state index is 0.0772. The highest BCUT2D eigenvalue weighted by molar-refractivity contribution is 9.10. The number of amides is 1. The summed E-state index contributed by atoms with van der Waals surface area (Å²) in [5, 5.41) is 3.07. The molecule has 0 atom stereocenters. The van der Waals surface area contributed by atoms with Crippen LogP contribution >= 0.6 is 27.5 Å². The van der Waals surface area contributed by atoms with Gasteiger partial charge >= 0.3 is 0 Å². The molecule has 4 rings (SSSR count). The first-order valence-corrected chi connectivity index (χ1v) is 9.42. The maximum Gasteiger partial charge on any atom is 0.255 e. The summed E-state index contributed by atoms with van der Waals surface area (Å²) in [5.74, 6) is -1.19. The van der Waals surface area contributed by atoms with E-state index in [0.29, 0.717) is 10.6 Å². The zero-order chi connectivity index (χ0) is 20.0. The Morgan fingerprint density at radius 1 is 0.893 bits per heavy atom. The largest absolute Gasteiger partial charge is 0.398 e. The fourth-order valence-corrected chi connectivity index (χ4v) is 3.61. The van der Waals surface area contributed by atoms with E-state index in [9.17, 15) is 14.4 Å². The van der Waals surface area contributed by atoms with Gasteiger partial charge in [-0.15, -0.1) is 0 Å². The molecule has 5 nitrogen and oxygen atoms in total. The summed E-state index contributed by atoms with van der Waals surface area (Å²) in [6.45, 7) is 0. The Labute approximate surface area is 173 Å². The van der Waals surface area contributed by atoms with Crippen LogP contribution in [0.4, 0.5) is 11.4 Å². The SMILES string of the molecule is Nc1ccc(NC(=O)c2ccc(Br)cc2)c2c1C(=O)c1cc(Cl)ccc1C2=O. The molecule has 0 radical (unpaired) electrons. The van der Waals surface area contributed by atoms with Crippen molar-refractivity contribution in [3.8, 4) is 0 Å². The molecule has 3 aromatic rings. The number of halogens is 2. The topological polar surface area (TPSA) is 89.3 Å². The summed E-state index contributed by atoms with van der Waals surface area (Å²) in [7, 11) is 0. The molecule has 7 heteroatoms. The number of nitrogens with one attached hydrogen (secondary N) is 1. The Morgan fingerprint density at radius 3 is 2.29 bits per heavy atom. The van der Waals surface area contributed by atoms with Gasteiger partial charge in [-0.3, -0.25) is 14.4 Å². The van der Waals surface area contributed by atoms with Gasteiger partial charge in [0.2, 0.25) is 0 Å². The van der Waals surface area contributed by atoms with E-state index in [-0.39, 0.29) is 39.4 Å². The Morgan fingerprint density at radius 2 is 1.57 bits per heavy atom. The predicted molar refractivity (Wildman–Crippen MR) is 111 cm³/mol. The molecule has 0 aromatic heterocycles. The maximum absolute atomic E-state index is 13.1. The summed E-state index contributed by atoms with van der Waals surface area (Å²) in [5.41, 5.74) is 7.40. The summed E-state index contributed by atoms with van der Waals surface area (Å²) in [6, 6.07) is 14.3. The van der Waals surface area contributed by atoms with Crippen molar-refractivity contribution in [1.82, 2.24) is 0 Å². The van der Waals surface area contributed by atoms with Crippen LogP contribution in [0.15, 0.2) is 59.1 Å². The van der Waals surface area contributed by atoms with Crippen molar-refractivity contribution in [3.05, 3.63) is 91.9 Å². The van der Waals surface area contributed by atoms with Crippen molar-refractivity contribution in [2.24, 2.45) is 0 Å². The molecule has 0 saturated heterocycles. The third-order valence-electron chi connectivity index (χ3n) is 4.52. The van der Waals surface area contributed by atoms with Crippen molar-refractivity contribution in [3.63, 3.8) is 0 Å². The molecule has 1 aliphatic carbocycles. The molecule has 28 heavy (non-hydrogen) atoms. The fourth-order valence-electron chi connectivity index (χ4n) is 3.17. The zero-order valence-corrected chi connectivity index (χ0v) is 16.6. The fraction of sp³-hybridized carbons (Fsp3) is 0. The van der Waals surface area contributed by atoms with Crippen LogP contribution < -0.4 is 11.1 Å². The summed E-state index contributed by atoms with van der Waals surface area (Å²) in [4.78, 5) is 38.7. The lowest BCUT2D eigenvalue weighted by molar-refractivity contribution is 0.0979. The van der Waals surface area contributed by atoms with Crippen molar-refractivity contribution >= 4 is 56.4 Å². The van der Waals surface area contributed by atoms with Gasteiger partial charge in [-0.25, -0.2) is 0 Å².